The van der Waals surface area contributed by atoms with Gasteiger partial charge in [-0.2, -0.15) is 4.40 Å². The van der Waals surface area contributed by atoms with Crippen LogP contribution in [-0.4, -0.2) is 10.4 Å². The zero-order chi connectivity index (χ0) is 10.8. The average Bonchev–Trinajstić information content (AvgIpc) is 2.17. The standard InChI is InChI=1S/C10H11ClN2S2/c1-6(2)14-10-12-8-4-3-7(11)5-9(8)15-13-10/h3-6H,1-2H3,(H,12,13). The maximum Gasteiger partial charge on any atom is 0.173 e. The van der Waals surface area contributed by atoms with E-state index in [0.29, 0.717) is 5.25 Å². The Kier molecular flexibility index (Phi) is 3.49. The van der Waals surface area contributed by atoms with Crippen molar-refractivity contribution in [2.24, 2.45) is 4.40 Å². The highest BCUT2D eigenvalue weighted by molar-refractivity contribution is 8.15. The molecule has 1 aromatic carbocycles. The Bertz CT molecular complexity index is 404. The van der Waals surface area contributed by atoms with E-state index in [-0.39, 0.29) is 0 Å². The summed E-state index contributed by atoms with van der Waals surface area (Å²) in [6.07, 6.45) is 0. The minimum absolute atomic E-state index is 0.533. The highest BCUT2D eigenvalue weighted by Crippen LogP contribution is 2.36. The van der Waals surface area contributed by atoms with Crippen molar-refractivity contribution in [2.75, 3.05) is 5.32 Å². The van der Waals surface area contributed by atoms with Crippen LogP contribution in [0.1, 0.15) is 13.8 Å². The average molecular weight is 259 g/mol. The molecule has 1 heterocycles. The first-order valence-corrected chi connectivity index (χ1v) is 6.66. The molecule has 2 nitrogen and oxygen atoms in total. The zero-order valence-corrected chi connectivity index (χ0v) is 10.8. The molecule has 0 spiro atoms. The molecule has 0 fully saturated rings. The molecule has 0 aromatic heterocycles. The number of amidine groups is 1. The van der Waals surface area contributed by atoms with E-state index in [9.17, 15) is 0 Å². The van der Waals surface area contributed by atoms with Gasteiger partial charge in [0.05, 0.1) is 10.6 Å². The molecule has 15 heavy (non-hydrogen) atoms. The fourth-order valence-electron chi connectivity index (χ4n) is 1.18. The summed E-state index contributed by atoms with van der Waals surface area (Å²) in [7, 11) is 0. The highest BCUT2D eigenvalue weighted by atomic mass is 35.5. The van der Waals surface area contributed by atoms with Crippen molar-refractivity contribution >= 4 is 46.2 Å². The largest absolute Gasteiger partial charge is 0.333 e. The molecule has 0 saturated carbocycles. The second-order valence-electron chi connectivity index (χ2n) is 3.42. The highest BCUT2D eigenvalue weighted by Gasteiger charge is 2.14. The minimum Gasteiger partial charge on any atom is -0.333 e. The van der Waals surface area contributed by atoms with E-state index in [2.05, 4.69) is 23.6 Å². The van der Waals surface area contributed by atoms with Crippen molar-refractivity contribution in [1.29, 1.82) is 0 Å². The normalized spacial score (nSPS) is 14.5. The predicted molar refractivity (Wildman–Crippen MR) is 71.1 cm³/mol. The van der Waals surface area contributed by atoms with E-state index >= 15 is 0 Å². The van der Waals surface area contributed by atoms with Gasteiger partial charge in [-0.25, -0.2) is 0 Å². The number of benzene rings is 1. The van der Waals surface area contributed by atoms with Crippen LogP contribution in [0.2, 0.25) is 5.02 Å². The number of nitrogens with zero attached hydrogens (tertiary/aromatic N) is 1. The molecule has 0 unspecified atom stereocenters. The predicted octanol–water partition coefficient (Wildman–Crippen LogP) is 4.27. The van der Waals surface area contributed by atoms with Crippen molar-refractivity contribution in [3.63, 3.8) is 0 Å². The van der Waals surface area contributed by atoms with Crippen LogP contribution in [-0.2, 0) is 0 Å². The van der Waals surface area contributed by atoms with Crippen LogP contribution >= 0.6 is 35.3 Å². The Balaban J connectivity index is 2.16. The summed E-state index contributed by atoms with van der Waals surface area (Å²) in [6, 6.07) is 5.80. The van der Waals surface area contributed by atoms with Gasteiger partial charge >= 0.3 is 0 Å². The third-order valence-corrected chi connectivity index (χ3v) is 3.81. The lowest BCUT2D eigenvalue weighted by Gasteiger charge is -2.17. The molecular weight excluding hydrogens is 248 g/mol. The first-order chi connectivity index (χ1) is 7.15. The third-order valence-electron chi connectivity index (χ3n) is 1.76. The van der Waals surface area contributed by atoms with Crippen molar-refractivity contribution in [1.82, 2.24) is 0 Å². The Morgan fingerprint density at radius 1 is 1.47 bits per heavy atom. The molecule has 2 rings (SSSR count). The van der Waals surface area contributed by atoms with Gasteiger partial charge in [0.1, 0.15) is 0 Å². The molecule has 5 heteroatoms. The molecule has 0 amide bonds. The molecule has 1 aromatic rings. The van der Waals surface area contributed by atoms with Crippen LogP contribution in [0.4, 0.5) is 5.69 Å². The number of nitrogens with one attached hydrogen (secondary N) is 1. The van der Waals surface area contributed by atoms with Gasteiger partial charge in [-0.1, -0.05) is 37.2 Å². The SMILES string of the molecule is CC(C)SC1=NSc2cc(Cl)ccc2N1. The van der Waals surface area contributed by atoms with E-state index in [1.54, 1.807) is 11.8 Å². The third kappa shape index (κ3) is 2.83. The summed E-state index contributed by atoms with van der Waals surface area (Å²) >= 11 is 9.10. The number of thioether (sulfide) groups is 1. The van der Waals surface area contributed by atoms with Gasteiger partial charge in [-0.05, 0) is 18.2 Å². The topological polar surface area (TPSA) is 24.4 Å². The Labute approximate surface area is 103 Å². The van der Waals surface area contributed by atoms with E-state index < -0.39 is 0 Å². The maximum absolute atomic E-state index is 5.90. The van der Waals surface area contributed by atoms with E-state index in [1.165, 1.54) is 11.9 Å². The summed E-state index contributed by atoms with van der Waals surface area (Å²) < 4.78 is 4.38. The van der Waals surface area contributed by atoms with Gasteiger partial charge in [-0.15, -0.1) is 0 Å². The first kappa shape index (κ1) is 11.2. The fourth-order valence-corrected chi connectivity index (χ4v) is 2.94. The summed E-state index contributed by atoms with van der Waals surface area (Å²) in [5.41, 5.74) is 1.09. The number of fused-ring (bicyclic) bond motifs is 1. The van der Waals surface area contributed by atoms with Crippen LogP contribution in [0.3, 0.4) is 0 Å². The second-order valence-corrected chi connectivity index (χ2v) is 6.23. The summed E-state index contributed by atoms with van der Waals surface area (Å²) in [6.45, 7) is 4.30. The van der Waals surface area contributed by atoms with Crippen molar-refractivity contribution < 1.29 is 0 Å². The van der Waals surface area contributed by atoms with Crippen molar-refractivity contribution in [3.8, 4) is 0 Å². The van der Waals surface area contributed by atoms with Crippen LogP contribution in [0.25, 0.3) is 0 Å². The summed E-state index contributed by atoms with van der Waals surface area (Å²) in [4.78, 5) is 1.08. The second kappa shape index (κ2) is 4.68. The van der Waals surface area contributed by atoms with Gasteiger partial charge < -0.3 is 5.32 Å². The molecule has 80 valence electrons. The maximum atomic E-state index is 5.90. The molecule has 1 aliphatic heterocycles. The summed E-state index contributed by atoms with van der Waals surface area (Å²) in [5, 5.41) is 5.53. The number of hydrogen-bond donors (Lipinski definition) is 1. The van der Waals surface area contributed by atoms with E-state index in [0.717, 1.165) is 20.8 Å². The Morgan fingerprint density at radius 2 is 2.27 bits per heavy atom. The molecule has 1 N–H and O–H groups in total. The lowest BCUT2D eigenvalue weighted by atomic mass is 10.3. The minimum atomic E-state index is 0.533. The molecule has 0 bridgehead atoms. The Hall–Kier alpha value is -0.320. The molecule has 1 aliphatic rings. The zero-order valence-electron chi connectivity index (χ0n) is 8.45. The lowest BCUT2D eigenvalue weighted by Crippen LogP contribution is -2.13. The monoisotopic (exact) mass is 258 g/mol. The quantitative estimate of drug-likeness (QED) is 0.762. The lowest BCUT2D eigenvalue weighted by molar-refractivity contribution is 1.12. The van der Waals surface area contributed by atoms with Gasteiger partial charge in [0.25, 0.3) is 0 Å². The van der Waals surface area contributed by atoms with Crippen LogP contribution in [0.5, 0.6) is 0 Å². The number of hydrogen-bond acceptors (Lipinski definition) is 4. The van der Waals surface area contributed by atoms with Crippen LogP contribution in [0.15, 0.2) is 27.5 Å². The van der Waals surface area contributed by atoms with Gasteiger partial charge in [0.2, 0.25) is 0 Å². The smallest absolute Gasteiger partial charge is 0.173 e. The summed E-state index contributed by atoms with van der Waals surface area (Å²) in [5.74, 6) is 0. The molecule has 0 aliphatic carbocycles. The van der Waals surface area contributed by atoms with E-state index in [4.69, 9.17) is 11.6 Å². The Morgan fingerprint density at radius 3 is 3.00 bits per heavy atom. The number of halogens is 1. The van der Waals surface area contributed by atoms with Crippen LogP contribution < -0.4 is 5.32 Å². The van der Waals surface area contributed by atoms with Gasteiger partial charge in [0, 0.05) is 22.2 Å². The fraction of sp³-hybridized carbons (Fsp3) is 0.300. The number of anilines is 1. The molecule has 0 atom stereocenters. The van der Waals surface area contributed by atoms with Gasteiger partial charge in [0.15, 0.2) is 5.17 Å². The first-order valence-electron chi connectivity index (χ1n) is 4.63. The molecule has 0 saturated heterocycles. The van der Waals surface area contributed by atoms with Crippen molar-refractivity contribution in [3.05, 3.63) is 23.2 Å². The van der Waals surface area contributed by atoms with Gasteiger partial charge in [-0.3, -0.25) is 0 Å². The number of rotatable bonds is 1. The van der Waals surface area contributed by atoms with Crippen molar-refractivity contribution in [2.45, 2.75) is 24.0 Å². The molecule has 0 radical (unpaired) electrons. The molecular formula is C10H11ClN2S2. The van der Waals surface area contributed by atoms with Crippen LogP contribution in [0, 0.1) is 0 Å². The van der Waals surface area contributed by atoms with E-state index in [1.807, 2.05) is 18.2 Å².